The minimum Gasteiger partial charge on any atom is -0.480 e. The van der Waals surface area contributed by atoms with Crippen molar-refractivity contribution in [2.45, 2.75) is 10.9 Å². The van der Waals surface area contributed by atoms with E-state index in [0.29, 0.717) is 0 Å². The maximum atomic E-state index is 11.4. The fourth-order valence-corrected chi connectivity index (χ4v) is 1.69. The van der Waals surface area contributed by atoms with Crippen LogP contribution in [0.15, 0.2) is 29.2 Å². The van der Waals surface area contributed by atoms with Crippen LogP contribution in [0.5, 0.6) is 0 Å². The number of anilines is 1. The van der Waals surface area contributed by atoms with Gasteiger partial charge >= 0.3 is 12.1 Å². The van der Waals surface area contributed by atoms with E-state index in [1.165, 1.54) is 0 Å². The Morgan fingerprint density at radius 2 is 2.00 bits per heavy atom. The van der Waals surface area contributed by atoms with Crippen molar-refractivity contribution in [3.63, 3.8) is 0 Å². The molecular weight excluding hydrogens is 308 g/mol. The number of nitrogens with zero attached hydrogens (tertiary/aromatic N) is 1. The van der Waals surface area contributed by atoms with Gasteiger partial charge in [-0.05, 0) is 18.2 Å². The highest BCUT2D eigenvalue weighted by Crippen LogP contribution is 2.18. The molecular formula is C10H12N2O8S. The molecule has 0 aliphatic rings. The fraction of sp³-hybridized carbons (Fsp3) is 0.200. The monoisotopic (exact) mass is 320 g/mol. The SMILES string of the molecule is N[C@@H](COC(=O)N(O)c1cccc(S(=O)(=O)O)c1)C(=O)O. The molecule has 0 aliphatic carbocycles. The number of carboxylic acids is 1. The number of carbonyl (C=O) groups excluding carboxylic acids is 1. The molecule has 21 heavy (non-hydrogen) atoms. The first-order valence-corrected chi connectivity index (χ1v) is 6.78. The van der Waals surface area contributed by atoms with Crippen molar-refractivity contribution >= 4 is 27.9 Å². The Morgan fingerprint density at radius 3 is 2.52 bits per heavy atom. The van der Waals surface area contributed by atoms with Crippen LogP contribution in [0.3, 0.4) is 0 Å². The van der Waals surface area contributed by atoms with E-state index in [1.807, 2.05) is 0 Å². The Bertz CT molecular complexity index is 644. The Morgan fingerprint density at radius 1 is 1.38 bits per heavy atom. The maximum Gasteiger partial charge on any atom is 0.438 e. The van der Waals surface area contributed by atoms with Gasteiger partial charge in [0, 0.05) is 0 Å². The van der Waals surface area contributed by atoms with Crippen molar-refractivity contribution in [1.29, 1.82) is 0 Å². The predicted molar refractivity (Wildman–Crippen MR) is 67.5 cm³/mol. The molecule has 0 heterocycles. The number of rotatable bonds is 5. The molecule has 116 valence electrons. The lowest BCUT2D eigenvalue weighted by molar-refractivity contribution is -0.139. The van der Waals surface area contributed by atoms with Gasteiger partial charge in [0.05, 0.1) is 10.6 Å². The van der Waals surface area contributed by atoms with E-state index in [2.05, 4.69) is 4.74 Å². The summed E-state index contributed by atoms with van der Waals surface area (Å²) in [6.45, 7) is -0.691. The molecule has 0 saturated carbocycles. The van der Waals surface area contributed by atoms with Gasteiger partial charge in [0.25, 0.3) is 10.1 Å². The van der Waals surface area contributed by atoms with Crippen LogP contribution in [0.4, 0.5) is 10.5 Å². The second kappa shape index (κ2) is 6.49. The summed E-state index contributed by atoms with van der Waals surface area (Å²) in [6.07, 6.45) is -1.36. The summed E-state index contributed by atoms with van der Waals surface area (Å²) in [5.41, 5.74) is 4.79. The largest absolute Gasteiger partial charge is 0.480 e. The Kier molecular flexibility index (Phi) is 5.21. The van der Waals surface area contributed by atoms with Gasteiger partial charge in [-0.25, -0.2) is 4.79 Å². The molecule has 1 rings (SSSR count). The van der Waals surface area contributed by atoms with E-state index in [0.717, 1.165) is 24.3 Å². The molecule has 0 radical (unpaired) electrons. The lowest BCUT2D eigenvalue weighted by atomic mass is 10.3. The normalized spacial score (nSPS) is 12.5. The summed E-state index contributed by atoms with van der Waals surface area (Å²) in [7, 11) is -4.51. The van der Waals surface area contributed by atoms with Gasteiger partial charge in [-0.3, -0.25) is 14.6 Å². The molecule has 0 spiro atoms. The number of carbonyl (C=O) groups is 2. The minimum absolute atomic E-state index is 0.0523. The number of amides is 1. The molecule has 0 fully saturated rings. The zero-order valence-electron chi connectivity index (χ0n) is 10.4. The lowest BCUT2D eigenvalue weighted by Gasteiger charge is -2.16. The van der Waals surface area contributed by atoms with Crippen LogP contribution in [-0.2, 0) is 19.6 Å². The Hall–Kier alpha value is -2.21. The van der Waals surface area contributed by atoms with Gasteiger partial charge in [-0.15, -0.1) is 0 Å². The summed E-state index contributed by atoms with van der Waals surface area (Å²) >= 11 is 0. The van der Waals surface area contributed by atoms with Gasteiger partial charge in [0.1, 0.15) is 12.6 Å². The molecule has 1 amide bonds. The van der Waals surface area contributed by atoms with Crippen LogP contribution in [-0.4, -0.2) is 48.0 Å². The smallest absolute Gasteiger partial charge is 0.438 e. The summed E-state index contributed by atoms with van der Waals surface area (Å²) in [6, 6.07) is 2.71. The number of nitrogens with two attached hydrogens (primary N) is 1. The summed E-state index contributed by atoms with van der Waals surface area (Å²) in [5.74, 6) is -1.40. The van der Waals surface area contributed by atoms with E-state index in [9.17, 15) is 23.2 Å². The third-order valence-electron chi connectivity index (χ3n) is 2.24. The highest BCUT2D eigenvalue weighted by atomic mass is 32.2. The van der Waals surface area contributed by atoms with Crippen LogP contribution in [0.1, 0.15) is 0 Å². The minimum atomic E-state index is -4.51. The van der Waals surface area contributed by atoms with Gasteiger partial charge in [-0.1, -0.05) is 6.07 Å². The first kappa shape index (κ1) is 16.8. The number of ether oxygens (including phenoxy) is 1. The standard InChI is InChI=1S/C10H12N2O8S/c11-8(9(13)14)5-20-10(15)12(16)6-2-1-3-7(4-6)21(17,18)19/h1-4,8,16H,5,11H2,(H,13,14)(H,17,18,19)/t8-/m0/s1. The average molecular weight is 320 g/mol. The molecule has 11 heteroatoms. The molecule has 0 saturated heterocycles. The molecule has 1 aromatic rings. The quantitative estimate of drug-likeness (QED) is 0.322. The van der Waals surface area contributed by atoms with Crippen molar-refractivity contribution in [1.82, 2.24) is 0 Å². The number of hydrogen-bond donors (Lipinski definition) is 4. The van der Waals surface area contributed by atoms with Crippen molar-refractivity contribution in [3.8, 4) is 0 Å². The molecule has 10 nitrogen and oxygen atoms in total. The highest BCUT2D eigenvalue weighted by Gasteiger charge is 2.20. The zero-order chi connectivity index (χ0) is 16.2. The predicted octanol–water partition coefficient (Wildman–Crippen LogP) is -0.323. The average Bonchev–Trinajstić information content (AvgIpc) is 2.42. The Balaban J connectivity index is 2.81. The molecule has 0 aromatic heterocycles. The van der Waals surface area contributed by atoms with E-state index in [-0.39, 0.29) is 10.8 Å². The van der Waals surface area contributed by atoms with Crippen molar-refractivity contribution < 1.29 is 37.6 Å². The maximum absolute atomic E-state index is 11.4. The second-order valence-electron chi connectivity index (χ2n) is 3.81. The molecule has 1 aromatic carbocycles. The van der Waals surface area contributed by atoms with Crippen LogP contribution >= 0.6 is 0 Å². The molecule has 0 bridgehead atoms. The number of hydrogen-bond acceptors (Lipinski definition) is 7. The highest BCUT2D eigenvalue weighted by molar-refractivity contribution is 7.85. The summed E-state index contributed by atoms with van der Waals surface area (Å²) in [5, 5.41) is 18.0. The van der Waals surface area contributed by atoms with Gasteiger partial charge in [-0.2, -0.15) is 13.5 Å². The molecule has 1 atom stereocenters. The second-order valence-corrected chi connectivity index (χ2v) is 5.23. The third kappa shape index (κ3) is 4.68. The van der Waals surface area contributed by atoms with E-state index in [4.69, 9.17) is 15.4 Å². The van der Waals surface area contributed by atoms with Crippen LogP contribution in [0.25, 0.3) is 0 Å². The van der Waals surface area contributed by atoms with Gasteiger partial charge < -0.3 is 15.6 Å². The number of carboxylic acid groups (broad SMARTS) is 1. The van der Waals surface area contributed by atoms with Crippen molar-refractivity contribution in [2.75, 3.05) is 11.7 Å². The zero-order valence-corrected chi connectivity index (χ0v) is 11.2. The fourth-order valence-electron chi connectivity index (χ4n) is 1.17. The third-order valence-corrected chi connectivity index (χ3v) is 3.09. The first-order chi connectivity index (χ1) is 9.62. The number of aliphatic carboxylic acids is 1. The number of benzene rings is 1. The summed E-state index contributed by atoms with van der Waals surface area (Å²) in [4.78, 5) is 21.3. The molecule has 5 N–H and O–H groups in total. The van der Waals surface area contributed by atoms with Crippen LogP contribution in [0.2, 0.25) is 0 Å². The van der Waals surface area contributed by atoms with Crippen molar-refractivity contribution in [3.05, 3.63) is 24.3 Å². The van der Waals surface area contributed by atoms with E-state index < -0.39 is 39.7 Å². The van der Waals surface area contributed by atoms with E-state index in [1.54, 1.807) is 0 Å². The van der Waals surface area contributed by atoms with Crippen LogP contribution in [0, 0.1) is 0 Å². The summed E-state index contributed by atoms with van der Waals surface area (Å²) < 4.78 is 35.1. The van der Waals surface area contributed by atoms with E-state index >= 15 is 0 Å². The molecule has 0 unspecified atom stereocenters. The molecule has 0 aliphatic heterocycles. The van der Waals surface area contributed by atoms with Crippen molar-refractivity contribution in [2.24, 2.45) is 5.73 Å². The lowest BCUT2D eigenvalue weighted by Crippen LogP contribution is -2.38. The number of hydroxylamine groups is 1. The van der Waals surface area contributed by atoms with Gasteiger partial charge in [0.15, 0.2) is 0 Å². The van der Waals surface area contributed by atoms with Gasteiger partial charge in [0.2, 0.25) is 0 Å². The van der Waals surface area contributed by atoms with Crippen LogP contribution < -0.4 is 10.8 Å². The topological polar surface area (TPSA) is 167 Å². The Labute approximate surface area is 119 Å². The first-order valence-electron chi connectivity index (χ1n) is 5.34.